The number of carbonyl (C=O) groups is 1. The number of rotatable bonds is 9. The van der Waals surface area contributed by atoms with Crippen molar-refractivity contribution in [1.29, 1.82) is 0 Å². The summed E-state index contributed by atoms with van der Waals surface area (Å²) in [6.07, 6.45) is 0.417. The minimum absolute atomic E-state index is 0.0661. The summed E-state index contributed by atoms with van der Waals surface area (Å²) in [4.78, 5) is 29.4. The van der Waals surface area contributed by atoms with Crippen molar-refractivity contribution >= 4 is 17.3 Å². The Hall–Kier alpha value is -4.45. The first-order chi connectivity index (χ1) is 16.6. The Balaban J connectivity index is 0.000000258. The quantitative estimate of drug-likeness (QED) is 0.319. The monoisotopic (exact) mass is 489 g/mol. The fraction of sp³-hybridized carbons (Fsp3) is 0.174. The fourth-order valence-electron chi connectivity index (χ4n) is 2.93. The highest BCUT2D eigenvalue weighted by Gasteiger charge is 2.23. The molecule has 3 aromatic rings. The van der Waals surface area contributed by atoms with Crippen LogP contribution < -0.4 is 10.1 Å². The number of benzene rings is 3. The molecule has 0 radical (unpaired) electrons. The van der Waals surface area contributed by atoms with Gasteiger partial charge in [-0.05, 0) is 37.4 Å². The molecular formula is C23H21F2N3O7. The van der Waals surface area contributed by atoms with Gasteiger partial charge >= 0.3 is 5.97 Å². The van der Waals surface area contributed by atoms with Gasteiger partial charge in [-0.25, -0.2) is 13.6 Å². The number of carboxylic acids is 1. The highest BCUT2D eigenvalue weighted by molar-refractivity contribution is 5.92. The van der Waals surface area contributed by atoms with Crippen molar-refractivity contribution in [1.82, 2.24) is 5.32 Å². The van der Waals surface area contributed by atoms with Crippen molar-refractivity contribution in [3.63, 3.8) is 0 Å². The lowest BCUT2D eigenvalue weighted by Crippen LogP contribution is -2.16. The zero-order valence-electron chi connectivity index (χ0n) is 18.4. The van der Waals surface area contributed by atoms with E-state index in [0.29, 0.717) is 12.5 Å². The maximum absolute atomic E-state index is 13.7. The Labute approximate surface area is 198 Å². The van der Waals surface area contributed by atoms with E-state index in [9.17, 15) is 33.8 Å². The topological polar surface area (TPSA) is 145 Å². The van der Waals surface area contributed by atoms with Gasteiger partial charge in [0.1, 0.15) is 17.5 Å². The van der Waals surface area contributed by atoms with Gasteiger partial charge in [0.15, 0.2) is 11.6 Å². The second-order valence-corrected chi connectivity index (χ2v) is 7.00. The number of ether oxygens (including phenoxy) is 1. The lowest BCUT2D eigenvalue weighted by molar-refractivity contribution is -0.394. The molecular weight excluding hydrogens is 468 g/mol. The Bertz CT molecular complexity index is 1190. The third-order valence-corrected chi connectivity index (χ3v) is 4.61. The zero-order valence-corrected chi connectivity index (χ0v) is 18.4. The van der Waals surface area contributed by atoms with Gasteiger partial charge in [0.2, 0.25) is 0 Å². The molecule has 0 spiro atoms. The van der Waals surface area contributed by atoms with Gasteiger partial charge in [-0.3, -0.25) is 20.2 Å². The number of non-ortho nitro benzene ring substituents is 1. The number of carboxylic acid groups (broad SMARTS) is 1. The molecule has 12 heteroatoms. The number of aromatic carboxylic acids is 1. The van der Waals surface area contributed by atoms with E-state index in [4.69, 9.17) is 9.84 Å². The summed E-state index contributed by atoms with van der Waals surface area (Å²) in [7, 11) is 1.85. The van der Waals surface area contributed by atoms with Crippen molar-refractivity contribution in [3.8, 4) is 5.75 Å². The molecule has 0 saturated heterocycles. The minimum atomic E-state index is -1.50. The SMILES string of the molecule is CNCCC(Oc1ccc(F)cc1F)c1ccccc1.O=C(O)c1ccc([N+](=O)[O-])cc1[N+](=O)[O-]. The predicted octanol–water partition coefficient (Wildman–Crippen LogP) is 4.90. The van der Waals surface area contributed by atoms with Crippen LogP contribution in [0.25, 0.3) is 0 Å². The number of nitro groups is 2. The molecule has 3 rings (SSSR count). The molecule has 0 bridgehead atoms. The lowest BCUT2D eigenvalue weighted by atomic mass is 10.1. The zero-order chi connectivity index (χ0) is 26.0. The Kier molecular flexibility index (Phi) is 9.72. The maximum atomic E-state index is 13.7. The van der Waals surface area contributed by atoms with Crippen LogP contribution in [0.1, 0.15) is 28.4 Å². The molecule has 184 valence electrons. The minimum Gasteiger partial charge on any atom is -0.483 e. The highest BCUT2D eigenvalue weighted by atomic mass is 19.1. The average Bonchev–Trinajstić information content (AvgIpc) is 2.83. The Morgan fingerprint density at radius 3 is 2.26 bits per heavy atom. The summed E-state index contributed by atoms with van der Waals surface area (Å²) >= 11 is 0. The number of nitrogens with zero attached hydrogens (tertiary/aromatic N) is 2. The second kappa shape index (κ2) is 12.7. The van der Waals surface area contributed by atoms with Crippen LogP contribution in [0.3, 0.4) is 0 Å². The second-order valence-electron chi connectivity index (χ2n) is 7.00. The standard InChI is InChI=1S/C16H17F2NO.C7H4N2O6/c1-19-10-9-15(12-5-3-2-4-6-12)20-16-8-7-13(17)11-14(16)18;10-7(11)5-2-1-4(8(12)13)3-6(5)9(14)15/h2-8,11,15,19H,9-10H2,1H3;1-3H,(H,10,11). The predicted molar refractivity (Wildman–Crippen MR) is 121 cm³/mol. The summed E-state index contributed by atoms with van der Waals surface area (Å²) in [5.41, 5.74) is -0.930. The fourth-order valence-corrected chi connectivity index (χ4v) is 2.93. The molecule has 1 atom stereocenters. The van der Waals surface area contributed by atoms with Crippen LogP contribution in [-0.2, 0) is 0 Å². The molecule has 0 aliphatic carbocycles. The van der Waals surface area contributed by atoms with Crippen molar-refractivity contribution in [3.05, 3.63) is 110 Å². The van der Waals surface area contributed by atoms with E-state index in [-0.39, 0.29) is 11.9 Å². The van der Waals surface area contributed by atoms with E-state index in [2.05, 4.69) is 5.32 Å². The molecule has 10 nitrogen and oxygen atoms in total. The van der Waals surface area contributed by atoms with Crippen molar-refractivity contribution < 1.29 is 33.3 Å². The number of nitro benzene ring substituents is 2. The third-order valence-electron chi connectivity index (χ3n) is 4.61. The first-order valence-electron chi connectivity index (χ1n) is 10.1. The van der Waals surface area contributed by atoms with Crippen LogP contribution in [0, 0.1) is 31.9 Å². The lowest BCUT2D eigenvalue weighted by Gasteiger charge is -2.20. The Morgan fingerprint density at radius 2 is 1.71 bits per heavy atom. The van der Waals surface area contributed by atoms with Crippen LogP contribution in [0.5, 0.6) is 5.75 Å². The van der Waals surface area contributed by atoms with E-state index in [1.165, 1.54) is 12.1 Å². The molecule has 0 aliphatic rings. The van der Waals surface area contributed by atoms with Gasteiger partial charge in [-0.2, -0.15) is 0 Å². The molecule has 0 fully saturated rings. The molecule has 1 unspecified atom stereocenters. The number of hydrogen-bond acceptors (Lipinski definition) is 7. The van der Waals surface area contributed by atoms with Crippen LogP contribution in [0.4, 0.5) is 20.2 Å². The van der Waals surface area contributed by atoms with Gasteiger partial charge < -0.3 is 15.2 Å². The van der Waals surface area contributed by atoms with Gasteiger partial charge in [-0.15, -0.1) is 0 Å². The summed E-state index contributed by atoms with van der Waals surface area (Å²) in [6.45, 7) is 0.738. The summed E-state index contributed by atoms with van der Waals surface area (Å²) in [5.74, 6) is -2.73. The molecule has 0 aromatic heterocycles. The summed E-state index contributed by atoms with van der Waals surface area (Å²) < 4.78 is 32.3. The molecule has 2 N–H and O–H groups in total. The van der Waals surface area contributed by atoms with Gasteiger partial charge in [0.05, 0.1) is 15.9 Å². The van der Waals surface area contributed by atoms with E-state index in [0.717, 1.165) is 30.3 Å². The first kappa shape index (κ1) is 26.8. The van der Waals surface area contributed by atoms with Crippen molar-refractivity contribution in [2.24, 2.45) is 0 Å². The maximum Gasteiger partial charge on any atom is 0.342 e. The largest absolute Gasteiger partial charge is 0.483 e. The van der Waals surface area contributed by atoms with E-state index in [1.807, 2.05) is 37.4 Å². The van der Waals surface area contributed by atoms with E-state index >= 15 is 0 Å². The van der Waals surface area contributed by atoms with Gasteiger partial charge in [-0.1, -0.05) is 30.3 Å². The molecule has 0 saturated carbocycles. The van der Waals surface area contributed by atoms with Gasteiger partial charge in [0, 0.05) is 18.6 Å². The first-order valence-corrected chi connectivity index (χ1v) is 10.1. The van der Waals surface area contributed by atoms with Crippen molar-refractivity contribution in [2.75, 3.05) is 13.6 Å². The van der Waals surface area contributed by atoms with Crippen LogP contribution in [-0.4, -0.2) is 34.5 Å². The third kappa shape index (κ3) is 7.82. The van der Waals surface area contributed by atoms with E-state index in [1.54, 1.807) is 0 Å². The van der Waals surface area contributed by atoms with Crippen LogP contribution in [0.15, 0.2) is 66.7 Å². The van der Waals surface area contributed by atoms with E-state index < -0.39 is 44.4 Å². The molecule has 35 heavy (non-hydrogen) atoms. The Morgan fingerprint density at radius 1 is 1.03 bits per heavy atom. The van der Waals surface area contributed by atoms with Gasteiger partial charge in [0.25, 0.3) is 11.4 Å². The summed E-state index contributed by atoms with van der Waals surface area (Å²) in [6, 6.07) is 15.3. The number of halogens is 2. The number of nitrogens with one attached hydrogen (secondary N) is 1. The van der Waals surface area contributed by atoms with Crippen molar-refractivity contribution in [2.45, 2.75) is 12.5 Å². The number of hydrogen-bond donors (Lipinski definition) is 2. The van der Waals surface area contributed by atoms with Crippen LogP contribution >= 0.6 is 0 Å². The average molecular weight is 489 g/mol. The molecule has 0 amide bonds. The molecule has 0 heterocycles. The smallest absolute Gasteiger partial charge is 0.342 e. The summed E-state index contributed by atoms with van der Waals surface area (Å²) in [5, 5.41) is 32.3. The molecule has 3 aromatic carbocycles. The normalized spacial score (nSPS) is 11.1. The highest BCUT2D eigenvalue weighted by Crippen LogP contribution is 2.27. The van der Waals surface area contributed by atoms with Crippen LogP contribution in [0.2, 0.25) is 0 Å². The molecule has 0 aliphatic heterocycles.